The van der Waals surface area contributed by atoms with Crippen molar-refractivity contribution in [3.8, 4) is 0 Å². The molecule has 17 heavy (non-hydrogen) atoms. The summed E-state index contributed by atoms with van der Waals surface area (Å²) in [6.45, 7) is 0. The van der Waals surface area contributed by atoms with E-state index in [2.05, 4.69) is 15.9 Å². The van der Waals surface area contributed by atoms with E-state index < -0.39 is 28.4 Å². The first-order chi connectivity index (χ1) is 7.73. The van der Waals surface area contributed by atoms with Crippen LogP contribution in [0.1, 0.15) is 10.4 Å². The van der Waals surface area contributed by atoms with Crippen molar-refractivity contribution in [2.24, 2.45) is 0 Å². The van der Waals surface area contributed by atoms with Gasteiger partial charge in [-0.25, -0.2) is 4.39 Å². The standard InChI is InChI=1S/C10H5BrF4O2/c11-7(9(17)10(13,14)15)8(16)5-2-1-3-6(12)4-5/h1-4,7H. The van der Waals surface area contributed by atoms with Gasteiger partial charge in [-0.15, -0.1) is 0 Å². The first kappa shape index (κ1) is 13.8. The number of carbonyl (C=O) groups excluding carboxylic acids is 2. The lowest BCUT2D eigenvalue weighted by molar-refractivity contribution is -0.169. The van der Waals surface area contributed by atoms with Gasteiger partial charge < -0.3 is 0 Å². The number of hydrogen-bond donors (Lipinski definition) is 0. The van der Waals surface area contributed by atoms with Gasteiger partial charge in [-0.3, -0.25) is 9.59 Å². The second-order valence-electron chi connectivity index (χ2n) is 3.10. The molecule has 0 spiro atoms. The zero-order valence-corrected chi connectivity index (χ0v) is 9.68. The minimum absolute atomic E-state index is 0.301. The van der Waals surface area contributed by atoms with E-state index in [0.29, 0.717) is 0 Å². The van der Waals surface area contributed by atoms with Crippen LogP contribution in [0.2, 0.25) is 0 Å². The van der Waals surface area contributed by atoms with Crippen molar-refractivity contribution in [3.63, 3.8) is 0 Å². The molecule has 0 bridgehead atoms. The third-order valence-corrected chi connectivity index (χ3v) is 2.68. The van der Waals surface area contributed by atoms with Crippen molar-refractivity contribution in [2.45, 2.75) is 11.0 Å². The van der Waals surface area contributed by atoms with E-state index in [9.17, 15) is 27.2 Å². The molecule has 0 aliphatic heterocycles. The molecule has 92 valence electrons. The average molecular weight is 313 g/mol. The van der Waals surface area contributed by atoms with Crippen LogP contribution >= 0.6 is 15.9 Å². The molecule has 2 nitrogen and oxygen atoms in total. The van der Waals surface area contributed by atoms with Crippen molar-refractivity contribution in [3.05, 3.63) is 35.6 Å². The van der Waals surface area contributed by atoms with Crippen molar-refractivity contribution >= 4 is 27.5 Å². The highest BCUT2D eigenvalue weighted by Gasteiger charge is 2.45. The number of rotatable bonds is 3. The second-order valence-corrected chi connectivity index (χ2v) is 4.01. The predicted molar refractivity (Wildman–Crippen MR) is 54.5 cm³/mol. The fourth-order valence-corrected chi connectivity index (χ4v) is 1.57. The van der Waals surface area contributed by atoms with Gasteiger partial charge in [0.25, 0.3) is 5.78 Å². The van der Waals surface area contributed by atoms with E-state index in [4.69, 9.17) is 0 Å². The Labute approximate surface area is 102 Å². The molecule has 1 aromatic rings. The first-order valence-electron chi connectivity index (χ1n) is 4.28. The Morgan fingerprint density at radius 2 is 1.82 bits per heavy atom. The van der Waals surface area contributed by atoms with Crippen LogP contribution in [0.3, 0.4) is 0 Å². The molecule has 0 saturated carbocycles. The van der Waals surface area contributed by atoms with Crippen LogP contribution in [0.5, 0.6) is 0 Å². The fraction of sp³-hybridized carbons (Fsp3) is 0.200. The normalized spacial score (nSPS) is 13.2. The number of Topliss-reactive ketones (excluding diaryl/α,β-unsaturated/α-hetero) is 2. The Morgan fingerprint density at radius 1 is 1.24 bits per heavy atom. The van der Waals surface area contributed by atoms with E-state index in [1.165, 1.54) is 6.07 Å². The smallest absolute Gasteiger partial charge is 0.292 e. The van der Waals surface area contributed by atoms with Crippen molar-refractivity contribution in [1.29, 1.82) is 0 Å². The van der Waals surface area contributed by atoms with Crippen molar-refractivity contribution in [1.82, 2.24) is 0 Å². The van der Waals surface area contributed by atoms with Crippen LogP contribution in [0.15, 0.2) is 24.3 Å². The highest BCUT2D eigenvalue weighted by Crippen LogP contribution is 2.23. The van der Waals surface area contributed by atoms with Gasteiger partial charge in [-0.05, 0) is 12.1 Å². The molecule has 0 aliphatic carbocycles. The van der Waals surface area contributed by atoms with Gasteiger partial charge in [-0.2, -0.15) is 13.2 Å². The summed E-state index contributed by atoms with van der Waals surface area (Å²) in [5.41, 5.74) is -0.301. The Kier molecular flexibility index (Phi) is 4.03. The molecule has 0 heterocycles. The summed E-state index contributed by atoms with van der Waals surface area (Å²) >= 11 is 2.36. The van der Waals surface area contributed by atoms with Gasteiger partial charge in [0.1, 0.15) is 10.6 Å². The molecule has 0 amide bonds. The highest BCUT2D eigenvalue weighted by molar-refractivity contribution is 9.10. The van der Waals surface area contributed by atoms with Crippen LogP contribution in [0.25, 0.3) is 0 Å². The minimum atomic E-state index is -5.11. The highest BCUT2D eigenvalue weighted by atomic mass is 79.9. The van der Waals surface area contributed by atoms with Gasteiger partial charge in [0, 0.05) is 5.56 Å². The summed E-state index contributed by atoms with van der Waals surface area (Å²) < 4.78 is 48.9. The molecule has 1 aromatic carbocycles. The Hall–Kier alpha value is -1.24. The van der Waals surface area contributed by atoms with Crippen molar-refractivity contribution in [2.75, 3.05) is 0 Å². The van der Waals surface area contributed by atoms with Crippen LogP contribution in [0, 0.1) is 5.82 Å². The Bertz CT molecular complexity index is 456. The largest absolute Gasteiger partial charge is 0.451 e. The van der Waals surface area contributed by atoms with Crippen LogP contribution < -0.4 is 0 Å². The molecular formula is C10H5BrF4O2. The zero-order chi connectivity index (χ0) is 13.2. The zero-order valence-electron chi connectivity index (χ0n) is 8.09. The topological polar surface area (TPSA) is 34.1 Å². The van der Waals surface area contributed by atoms with Gasteiger partial charge >= 0.3 is 6.18 Å². The van der Waals surface area contributed by atoms with Gasteiger partial charge in [0.15, 0.2) is 5.78 Å². The first-order valence-corrected chi connectivity index (χ1v) is 5.20. The van der Waals surface area contributed by atoms with Crippen LogP contribution in [-0.4, -0.2) is 22.6 Å². The monoisotopic (exact) mass is 312 g/mol. The maximum atomic E-state index is 12.8. The van der Waals surface area contributed by atoms with E-state index in [1.807, 2.05) is 0 Å². The van der Waals surface area contributed by atoms with Crippen molar-refractivity contribution < 1.29 is 27.2 Å². The number of carbonyl (C=O) groups is 2. The third-order valence-electron chi connectivity index (χ3n) is 1.85. The molecule has 1 rings (SSSR count). The van der Waals surface area contributed by atoms with Gasteiger partial charge in [0.2, 0.25) is 0 Å². The Balaban J connectivity index is 2.95. The predicted octanol–water partition coefficient (Wildman–Crippen LogP) is 2.90. The molecule has 1 atom stereocenters. The maximum absolute atomic E-state index is 12.8. The molecule has 0 aromatic heterocycles. The maximum Gasteiger partial charge on any atom is 0.451 e. The van der Waals surface area contributed by atoms with Gasteiger partial charge in [-0.1, -0.05) is 28.1 Å². The van der Waals surface area contributed by atoms with Crippen LogP contribution in [-0.2, 0) is 4.79 Å². The molecular weight excluding hydrogens is 308 g/mol. The second kappa shape index (κ2) is 4.95. The van der Waals surface area contributed by atoms with Gasteiger partial charge in [0.05, 0.1) is 0 Å². The summed E-state index contributed by atoms with van der Waals surface area (Å²) in [7, 11) is 0. The molecule has 0 fully saturated rings. The SMILES string of the molecule is O=C(c1cccc(F)c1)C(Br)C(=O)C(F)(F)F. The lowest BCUT2D eigenvalue weighted by atomic mass is 10.1. The average Bonchev–Trinajstić information content (AvgIpc) is 2.25. The molecule has 0 saturated heterocycles. The van der Waals surface area contributed by atoms with E-state index in [1.54, 1.807) is 0 Å². The number of benzene rings is 1. The summed E-state index contributed by atoms with van der Waals surface area (Å²) in [5.74, 6) is -4.12. The fourth-order valence-electron chi connectivity index (χ4n) is 1.05. The quantitative estimate of drug-likeness (QED) is 0.372. The summed E-state index contributed by atoms with van der Waals surface area (Å²) in [6, 6.07) is 4.09. The number of hydrogen-bond acceptors (Lipinski definition) is 2. The Morgan fingerprint density at radius 3 is 2.29 bits per heavy atom. The minimum Gasteiger partial charge on any atom is -0.292 e. The molecule has 0 aliphatic rings. The lowest BCUT2D eigenvalue weighted by Crippen LogP contribution is -2.35. The van der Waals surface area contributed by atoms with E-state index >= 15 is 0 Å². The van der Waals surface area contributed by atoms with E-state index in [-0.39, 0.29) is 5.56 Å². The van der Waals surface area contributed by atoms with Crippen LogP contribution in [0.4, 0.5) is 17.6 Å². The number of halogens is 5. The summed E-state index contributed by atoms with van der Waals surface area (Å²) in [6.07, 6.45) is -5.11. The third kappa shape index (κ3) is 3.36. The lowest BCUT2D eigenvalue weighted by Gasteiger charge is -2.10. The molecule has 1 unspecified atom stereocenters. The molecule has 0 N–H and O–H groups in total. The molecule has 7 heteroatoms. The van der Waals surface area contributed by atoms with E-state index in [0.717, 1.165) is 18.2 Å². The summed E-state index contributed by atoms with van der Waals surface area (Å²) in [5, 5.41) is 0. The number of ketones is 2. The molecule has 0 radical (unpaired) electrons. The number of alkyl halides is 4. The summed E-state index contributed by atoms with van der Waals surface area (Å²) in [4.78, 5) is 20.2.